The lowest BCUT2D eigenvalue weighted by Crippen LogP contribution is -2.47. The molecule has 0 aromatic carbocycles. The van der Waals surface area contributed by atoms with Gasteiger partial charge in [-0.3, -0.25) is 9.59 Å². The maximum absolute atomic E-state index is 13.7. The second kappa shape index (κ2) is 8.89. The Kier molecular flexibility index (Phi) is 5.70. The van der Waals surface area contributed by atoms with Gasteiger partial charge in [-0.2, -0.15) is 5.10 Å². The van der Waals surface area contributed by atoms with E-state index in [0.29, 0.717) is 36.6 Å². The van der Waals surface area contributed by atoms with Gasteiger partial charge in [-0.25, -0.2) is 14.5 Å². The lowest BCUT2D eigenvalue weighted by Gasteiger charge is -2.32. The normalized spacial score (nSPS) is 19.7. The third-order valence-corrected chi connectivity index (χ3v) is 8.38. The van der Waals surface area contributed by atoms with Crippen molar-refractivity contribution in [1.29, 1.82) is 0 Å². The van der Waals surface area contributed by atoms with Crippen molar-refractivity contribution in [3.05, 3.63) is 29.0 Å². The van der Waals surface area contributed by atoms with Crippen molar-refractivity contribution in [2.24, 2.45) is 11.8 Å². The van der Waals surface area contributed by atoms with Crippen molar-refractivity contribution >= 4 is 33.8 Å². The fourth-order valence-corrected chi connectivity index (χ4v) is 5.63. The van der Waals surface area contributed by atoms with Crippen molar-refractivity contribution in [2.75, 3.05) is 18.4 Å². The van der Waals surface area contributed by atoms with Gasteiger partial charge in [0.25, 0.3) is 5.91 Å². The summed E-state index contributed by atoms with van der Waals surface area (Å²) in [4.78, 5) is 38.3. The Morgan fingerprint density at radius 2 is 1.89 bits per heavy atom. The zero-order valence-corrected chi connectivity index (χ0v) is 21.0. The standard InChI is InChI=1S/C25H31N7O2S/c1-14-20(24(34)31-9-7-18(8-10-31)28-23(33)17-5-6-17)29-22(19-13-26-32-11-12-35-25(19)32)30-21(14)27-15(2)16-3-4-16/h11-13,15-18H,3-10H2,1-2H3,(H,28,33)(H,27,29,30). The first-order valence-corrected chi connectivity index (χ1v) is 13.5. The van der Waals surface area contributed by atoms with E-state index in [2.05, 4.69) is 22.7 Å². The molecule has 2 aliphatic carbocycles. The molecule has 6 rings (SSSR count). The molecule has 9 nitrogen and oxygen atoms in total. The molecule has 2 amide bonds. The third kappa shape index (κ3) is 4.51. The minimum Gasteiger partial charge on any atom is -0.367 e. The van der Waals surface area contributed by atoms with E-state index < -0.39 is 0 Å². The maximum Gasteiger partial charge on any atom is 0.272 e. The van der Waals surface area contributed by atoms with Crippen molar-refractivity contribution in [2.45, 2.75) is 64.5 Å². The van der Waals surface area contributed by atoms with Crippen LogP contribution in [0.15, 0.2) is 17.8 Å². The van der Waals surface area contributed by atoms with E-state index in [1.54, 1.807) is 17.5 Å². The predicted octanol–water partition coefficient (Wildman–Crippen LogP) is 3.50. The number of fused-ring (bicyclic) bond motifs is 1. The number of hydrogen-bond acceptors (Lipinski definition) is 7. The Hall–Kier alpha value is -3.01. The van der Waals surface area contributed by atoms with E-state index in [9.17, 15) is 9.59 Å². The SMILES string of the molecule is Cc1c(NC(C)C2CC2)nc(-c2cnn3ccsc23)nc1C(=O)N1CCC(NC(=O)C2CC2)CC1. The summed E-state index contributed by atoms with van der Waals surface area (Å²) in [6, 6.07) is 0.435. The molecular formula is C25H31N7O2S. The summed E-state index contributed by atoms with van der Waals surface area (Å²) in [5.74, 6) is 2.20. The minimum absolute atomic E-state index is 0.0742. The molecule has 3 fully saturated rings. The Morgan fingerprint density at radius 3 is 2.60 bits per heavy atom. The van der Waals surface area contributed by atoms with Crippen LogP contribution in [0.1, 0.15) is 61.5 Å². The van der Waals surface area contributed by atoms with Crippen LogP contribution in [0.4, 0.5) is 5.82 Å². The molecule has 0 spiro atoms. The fraction of sp³-hybridized carbons (Fsp3) is 0.560. The Labute approximate surface area is 208 Å². The first kappa shape index (κ1) is 22.5. The van der Waals surface area contributed by atoms with Crippen molar-refractivity contribution in [3.63, 3.8) is 0 Å². The molecule has 3 aromatic rings. The number of piperidine rings is 1. The molecule has 2 N–H and O–H groups in total. The summed E-state index contributed by atoms with van der Waals surface area (Å²) in [5.41, 5.74) is 2.06. The van der Waals surface area contributed by atoms with Gasteiger partial charge < -0.3 is 15.5 Å². The van der Waals surface area contributed by atoms with Crippen LogP contribution in [0.5, 0.6) is 0 Å². The fourth-order valence-electron chi connectivity index (χ4n) is 4.84. The van der Waals surface area contributed by atoms with Crippen LogP contribution < -0.4 is 10.6 Å². The van der Waals surface area contributed by atoms with Crippen molar-refractivity contribution < 1.29 is 9.59 Å². The highest BCUT2D eigenvalue weighted by atomic mass is 32.1. The molecule has 184 valence electrons. The number of carbonyl (C=O) groups excluding carboxylic acids is 2. The number of carbonyl (C=O) groups is 2. The molecule has 1 atom stereocenters. The number of thiazole rings is 1. The number of amides is 2. The summed E-state index contributed by atoms with van der Waals surface area (Å²) in [5, 5.41) is 13.1. The van der Waals surface area contributed by atoms with Gasteiger partial charge in [0.1, 0.15) is 16.3 Å². The quantitative estimate of drug-likeness (QED) is 0.522. The van der Waals surface area contributed by atoms with Crippen LogP contribution in [0.25, 0.3) is 16.2 Å². The molecule has 3 aromatic heterocycles. The van der Waals surface area contributed by atoms with Gasteiger partial charge in [0.15, 0.2) is 5.82 Å². The van der Waals surface area contributed by atoms with Crippen LogP contribution in [0.3, 0.4) is 0 Å². The number of hydrogen-bond donors (Lipinski definition) is 2. The largest absolute Gasteiger partial charge is 0.367 e. The summed E-state index contributed by atoms with van der Waals surface area (Å²) in [6.45, 7) is 5.33. The summed E-state index contributed by atoms with van der Waals surface area (Å²) in [6.07, 6.45) is 9.67. The number of nitrogens with one attached hydrogen (secondary N) is 2. The molecule has 0 bridgehead atoms. The average molecular weight is 494 g/mol. The van der Waals surface area contributed by atoms with E-state index in [1.165, 1.54) is 12.8 Å². The highest BCUT2D eigenvalue weighted by Gasteiger charge is 2.34. The summed E-state index contributed by atoms with van der Waals surface area (Å²) in [7, 11) is 0. The highest BCUT2D eigenvalue weighted by molar-refractivity contribution is 7.16. The van der Waals surface area contributed by atoms with Crippen LogP contribution >= 0.6 is 11.3 Å². The summed E-state index contributed by atoms with van der Waals surface area (Å²) < 4.78 is 1.81. The third-order valence-electron chi connectivity index (χ3n) is 7.49. The molecule has 2 saturated carbocycles. The van der Waals surface area contributed by atoms with Crippen molar-refractivity contribution in [3.8, 4) is 11.4 Å². The summed E-state index contributed by atoms with van der Waals surface area (Å²) >= 11 is 1.58. The smallest absolute Gasteiger partial charge is 0.272 e. The van der Waals surface area contributed by atoms with Gasteiger partial charge in [0.2, 0.25) is 5.91 Å². The minimum atomic E-state index is -0.0742. The van der Waals surface area contributed by atoms with Crippen molar-refractivity contribution in [1.82, 2.24) is 29.8 Å². The lowest BCUT2D eigenvalue weighted by molar-refractivity contribution is -0.123. The number of nitrogens with zero attached hydrogens (tertiary/aromatic N) is 5. The van der Waals surface area contributed by atoms with Gasteiger partial charge in [-0.1, -0.05) is 0 Å². The Bertz CT molecular complexity index is 1270. The lowest BCUT2D eigenvalue weighted by atomic mass is 10.0. The van der Waals surface area contributed by atoms with Gasteiger partial charge >= 0.3 is 0 Å². The Balaban J connectivity index is 1.26. The van der Waals surface area contributed by atoms with E-state index in [0.717, 1.165) is 47.5 Å². The zero-order valence-electron chi connectivity index (χ0n) is 20.2. The maximum atomic E-state index is 13.7. The first-order valence-electron chi connectivity index (χ1n) is 12.6. The molecule has 1 unspecified atom stereocenters. The van der Waals surface area contributed by atoms with Crippen LogP contribution in [0, 0.1) is 18.8 Å². The average Bonchev–Trinajstić information content (AvgIpc) is 3.78. The molecular weight excluding hydrogens is 462 g/mol. The zero-order chi connectivity index (χ0) is 24.1. The topological polar surface area (TPSA) is 105 Å². The second-order valence-electron chi connectivity index (χ2n) is 10.2. The monoisotopic (exact) mass is 493 g/mol. The highest BCUT2D eigenvalue weighted by Crippen LogP contribution is 2.35. The predicted molar refractivity (Wildman–Crippen MR) is 134 cm³/mol. The number of aromatic nitrogens is 4. The molecule has 3 aliphatic rings. The van der Waals surface area contributed by atoms with Gasteiger partial charge in [-0.05, 0) is 58.3 Å². The molecule has 4 heterocycles. The van der Waals surface area contributed by atoms with Gasteiger partial charge in [0, 0.05) is 48.2 Å². The van der Waals surface area contributed by atoms with E-state index in [1.807, 2.05) is 27.9 Å². The molecule has 10 heteroatoms. The van der Waals surface area contributed by atoms with Crippen LogP contribution in [-0.2, 0) is 4.79 Å². The van der Waals surface area contributed by atoms with E-state index >= 15 is 0 Å². The van der Waals surface area contributed by atoms with Crippen LogP contribution in [0.2, 0.25) is 0 Å². The Morgan fingerprint density at radius 1 is 1.11 bits per heavy atom. The van der Waals surface area contributed by atoms with Gasteiger partial charge in [0.05, 0.1) is 11.8 Å². The number of anilines is 1. The van der Waals surface area contributed by atoms with Gasteiger partial charge in [-0.15, -0.1) is 11.3 Å². The first-order chi connectivity index (χ1) is 17.0. The second-order valence-corrected chi connectivity index (χ2v) is 11.1. The number of likely N-dealkylation sites (tertiary alicyclic amines) is 1. The van der Waals surface area contributed by atoms with E-state index in [4.69, 9.17) is 9.97 Å². The molecule has 1 saturated heterocycles. The molecule has 35 heavy (non-hydrogen) atoms. The number of rotatable bonds is 7. The molecule has 0 radical (unpaired) electrons. The van der Waals surface area contributed by atoms with Crippen LogP contribution in [-0.4, -0.2) is 61.5 Å². The van der Waals surface area contributed by atoms with E-state index in [-0.39, 0.29) is 23.8 Å². The molecule has 1 aliphatic heterocycles.